The van der Waals surface area contributed by atoms with Gasteiger partial charge in [-0.1, -0.05) is 6.07 Å². The van der Waals surface area contributed by atoms with E-state index in [-0.39, 0.29) is 42.4 Å². The molecular formula is C26H28FN5O6. The monoisotopic (exact) mass is 525 g/mol. The number of halogens is 1. The van der Waals surface area contributed by atoms with Gasteiger partial charge in [0.2, 0.25) is 0 Å². The van der Waals surface area contributed by atoms with E-state index in [4.69, 9.17) is 9.47 Å². The van der Waals surface area contributed by atoms with E-state index in [9.17, 15) is 23.6 Å². The molecule has 0 unspecified atom stereocenters. The summed E-state index contributed by atoms with van der Waals surface area (Å²) in [5.41, 5.74) is -1.54. The summed E-state index contributed by atoms with van der Waals surface area (Å²) in [6.07, 6.45) is 1.12. The zero-order valence-corrected chi connectivity index (χ0v) is 21.7. The Bertz CT molecular complexity index is 1460. The van der Waals surface area contributed by atoms with Crippen LogP contribution >= 0.6 is 0 Å². The first-order valence-corrected chi connectivity index (χ1v) is 11.9. The molecule has 11 nitrogen and oxygen atoms in total. The highest BCUT2D eigenvalue weighted by atomic mass is 19.1. The fraction of sp³-hybridized carbons (Fsp3) is 0.385. The minimum atomic E-state index is -1.44. The maximum Gasteiger partial charge on any atom is 0.331 e. The number of hydrogen-bond acceptors (Lipinski definition) is 8. The number of fused-ring (bicyclic) bond motifs is 2. The first-order chi connectivity index (χ1) is 17.7. The summed E-state index contributed by atoms with van der Waals surface area (Å²) >= 11 is 0. The molecule has 0 atom stereocenters. The van der Waals surface area contributed by atoms with E-state index in [1.54, 1.807) is 39.0 Å². The van der Waals surface area contributed by atoms with E-state index in [1.165, 1.54) is 13.8 Å². The number of amides is 2. The summed E-state index contributed by atoms with van der Waals surface area (Å²) in [6.45, 7) is 8.14. The molecule has 4 rings (SSSR count). The Labute approximate surface area is 217 Å². The Morgan fingerprint density at radius 2 is 1.87 bits per heavy atom. The van der Waals surface area contributed by atoms with Gasteiger partial charge in [-0.25, -0.2) is 18.7 Å². The predicted octanol–water partition coefficient (Wildman–Crippen LogP) is 2.15. The van der Waals surface area contributed by atoms with Crippen LogP contribution < -0.4 is 15.4 Å². The van der Waals surface area contributed by atoms with Crippen molar-refractivity contribution in [1.29, 1.82) is 0 Å². The van der Waals surface area contributed by atoms with Crippen LogP contribution in [-0.4, -0.2) is 55.9 Å². The van der Waals surface area contributed by atoms with Gasteiger partial charge in [-0.05, 0) is 52.3 Å². The van der Waals surface area contributed by atoms with E-state index >= 15 is 0 Å². The quantitative estimate of drug-likeness (QED) is 0.467. The number of rotatable bonds is 6. The van der Waals surface area contributed by atoms with Crippen LogP contribution in [0.1, 0.15) is 66.7 Å². The molecule has 200 valence electrons. The van der Waals surface area contributed by atoms with Crippen molar-refractivity contribution in [3.63, 3.8) is 0 Å². The van der Waals surface area contributed by atoms with Crippen LogP contribution in [0, 0.1) is 5.82 Å². The van der Waals surface area contributed by atoms with Crippen LogP contribution in [0.25, 0.3) is 5.65 Å². The topological polar surface area (TPSA) is 141 Å². The fourth-order valence-corrected chi connectivity index (χ4v) is 3.74. The highest BCUT2D eigenvalue weighted by molar-refractivity contribution is 6.00. The molecule has 0 bridgehead atoms. The maximum atomic E-state index is 14.4. The van der Waals surface area contributed by atoms with Gasteiger partial charge in [0.15, 0.2) is 17.2 Å². The second-order valence-corrected chi connectivity index (χ2v) is 10.5. The molecule has 0 aliphatic carbocycles. The summed E-state index contributed by atoms with van der Waals surface area (Å²) in [7, 11) is 0. The van der Waals surface area contributed by atoms with Crippen LogP contribution in [-0.2, 0) is 27.3 Å². The van der Waals surface area contributed by atoms with Gasteiger partial charge in [-0.2, -0.15) is 5.10 Å². The number of Topliss-reactive ketones (excluding diaryl/α,β-unsaturated/α-hetero) is 1. The van der Waals surface area contributed by atoms with Gasteiger partial charge in [-0.3, -0.25) is 14.4 Å². The van der Waals surface area contributed by atoms with Crippen molar-refractivity contribution >= 4 is 29.2 Å². The molecule has 3 heterocycles. The van der Waals surface area contributed by atoms with Gasteiger partial charge in [0, 0.05) is 24.6 Å². The lowest BCUT2D eigenvalue weighted by Gasteiger charge is -2.29. The third-order valence-electron chi connectivity index (χ3n) is 5.58. The van der Waals surface area contributed by atoms with E-state index in [2.05, 4.69) is 20.7 Å². The number of nitrogens with zero attached hydrogens (tertiary/aromatic N) is 3. The largest absolute Gasteiger partial charge is 0.486 e. The second-order valence-electron chi connectivity index (χ2n) is 10.5. The summed E-state index contributed by atoms with van der Waals surface area (Å²) in [5, 5.41) is 9.09. The van der Waals surface area contributed by atoms with Crippen LogP contribution in [0.2, 0.25) is 0 Å². The molecule has 0 fully saturated rings. The minimum Gasteiger partial charge on any atom is -0.486 e. The van der Waals surface area contributed by atoms with Crippen LogP contribution in [0.3, 0.4) is 0 Å². The summed E-state index contributed by atoms with van der Waals surface area (Å²) in [5.74, 6) is -2.39. The zero-order chi connectivity index (χ0) is 27.8. The fourth-order valence-electron chi connectivity index (χ4n) is 3.74. The minimum absolute atomic E-state index is 0.0350. The lowest BCUT2D eigenvalue weighted by Crippen LogP contribution is -2.52. The van der Waals surface area contributed by atoms with Crippen molar-refractivity contribution in [2.24, 2.45) is 0 Å². The van der Waals surface area contributed by atoms with E-state index in [0.717, 1.165) is 22.3 Å². The molecule has 0 spiro atoms. The number of ketones is 1. The molecule has 0 radical (unpaired) electrons. The number of nitrogens with one attached hydrogen (secondary N) is 2. The van der Waals surface area contributed by atoms with Crippen molar-refractivity contribution in [1.82, 2.24) is 25.2 Å². The van der Waals surface area contributed by atoms with Gasteiger partial charge in [0.1, 0.15) is 34.9 Å². The Balaban J connectivity index is 1.55. The lowest BCUT2D eigenvalue weighted by molar-refractivity contribution is -0.161. The van der Waals surface area contributed by atoms with Crippen molar-refractivity contribution in [2.45, 2.75) is 58.7 Å². The molecule has 3 aromatic rings. The number of benzene rings is 1. The Hall–Kier alpha value is -4.35. The van der Waals surface area contributed by atoms with Crippen LogP contribution in [0.15, 0.2) is 30.5 Å². The first kappa shape index (κ1) is 26.7. The molecule has 0 saturated heterocycles. The van der Waals surface area contributed by atoms with E-state index < -0.39 is 34.7 Å². The zero-order valence-electron chi connectivity index (χ0n) is 21.7. The summed E-state index contributed by atoms with van der Waals surface area (Å²) in [6, 6.07) is 6.40. The average Bonchev–Trinajstić information content (AvgIpc) is 3.20. The average molecular weight is 526 g/mol. The van der Waals surface area contributed by atoms with Gasteiger partial charge >= 0.3 is 5.97 Å². The Kier molecular flexibility index (Phi) is 6.92. The highest BCUT2D eigenvalue weighted by Gasteiger charge is 2.35. The number of esters is 1. The third-order valence-corrected chi connectivity index (χ3v) is 5.58. The SMILES string of the molecule is CC(C)(C)OC(=O)C(C)(C)NC(=O)c1cc(C(=O)NCc2ccc3c(c2)CC(=O)CO3)nc2c(F)cnn12. The van der Waals surface area contributed by atoms with Gasteiger partial charge in [0.25, 0.3) is 11.8 Å². The summed E-state index contributed by atoms with van der Waals surface area (Å²) in [4.78, 5) is 54.4. The summed E-state index contributed by atoms with van der Waals surface area (Å²) < 4.78 is 26.1. The Morgan fingerprint density at radius 3 is 2.58 bits per heavy atom. The van der Waals surface area contributed by atoms with Gasteiger partial charge < -0.3 is 20.1 Å². The molecule has 2 N–H and O–H groups in total. The van der Waals surface area contributed by atoms with Gasteiger partial charge in [-0.15, -0.1) is 0 Å². The molecule has 2 amide bonds. The number of ether oxygens (including phenoxy) is 2. The molecule has 12 heteroatoms. The second kappa shape index (κ2) is 9.84. The highest BCUT2D eigenvalue weighted by Crippen LogP contribution is 2.24. The van der Waals surface area contributed by atoms with Crippen molar-refractivity contribution < 1.29 is 33.0 Å². The molecule has 1 aromatic carbocycles. The maximum absolute atomic E-state index is 14.4. The standard InChI is InChI=1S/C26H28FN5O6/c1-25(2,3)38-24(36)26(4,5)31-23(35)19-10-18(30-21-17(27)12-29-32(19)21)22(34)28-11-14-6-7-20-15(8-14)9-16(33)13-37-20/h6-8,10,12H,9,11,13H2,1-5H3,(H,28,34)(H,31,35). The first-order valence-electron chi connectivity index (χ1n) is 11.9. The molecule has 1 aliphatic heterocycles. The van der Waals surface area contributed by atoms with E-state index in [1.807, 2.05) is 0 Å². The van der Waals surface area contributed by atoms with Crippen molar-refractivity contribution in [3.8, 4) is 5.75 Å². The van der Waals surface area contributed by atoms with Crippen molar-refractivity contribution in [2.75, 3.05) is 6.61 Å². The number of carbonyl (C=O) groups is 4. The number of hydrogen-bond donors (Lipinski definition) is 2. The molecule has 0 saturated carbocycles. The molecular weight excluding hydrogens is 497 g/mol. The molecule has 38 heavy (non-hydrogen) atoms. The van der Waals surface area contributed by atoms with Crippen molar-refractivity contribution in [3.05, 3.63) is 58.8 Å². The van der Waals surface area contributed by atoms with Crippen LogP contribution in [0.4, 0.5) is 4.39 Å². The smallest absolute Gasteiger partial charge is 0.331 e. The lowest BCUT2D eigenvalue weighted by atomic mass is 10.0. The molecule has 1 aliphatic rings. The third kappa shape index (κ3) is 5.79. The normalized spacial score (nSPS) is 13.5. The van der Waals surface area contributed by atoms with Crippen LogP contribution in [0.5, 0.6) is 5.75 Å². The molecule has 2 aromatic heterocycles. The number of carbonyl (C=O) groups excluding carboxylic acids is 4. The van der Waals surface area contributed by atoms with E-state index in [0.29, 0.717) is 11.3 Å². The number of aromatic nitrogens is 3. The Morgan fingerprint density at radius 1 is 1.13 bits per heavy atom. The predicted molar refractivity (Wildman–Crippen MR) is 132 cm³/mol. The van der Waals surface area contributed by atoms with Gasteiger partial charge in [0.05, 0.1) is 6.20 Å².